The summed E-state index contributed by atoms with van der Waals surface area (Å²) in [4.78, 5) is 35.0. The highest BCUT2D eigenvalue weighted by molar-refractivity contribution is 8.19. The number of carbonyl (C=O) groups excluding carboxylic acids is 2. The molecule has 2 heterocycles. The third-order valence-corrected chi connectivity index (χ3v) is 7.32. The van der Waals surface area contributed by atoms with Crippen LogP contribution in [-0.2, 0) is 4.79 Å². The molecule has 2 aliphatic rings. The van der Waals surface area contributed by atoms with Gasteiger partial charge >= 0.3 is 0 Å². The van der Waals surface area contributed by atoms with E-state index in [1.54, 1.807) is 42.0 Å². The molecule has 4 rings (SSSR count). The fraction of sp³-hybridized carbons (Fsp3) is 0.227. The number of ketones is 1. The number of benzene rings is 2. The second kappa shape index (κ2) is 8.20. The minimum atomic E-state index is -0.0573. The second-order valence-electron chi connectivity index (χ2n) is 6.78. The molecule has 2 aliphatic heterocycles. The molecule has 0 N–H and O–H groups in total. The summed E-state index contributed by atoms with van der Waals surface area (Å²) in [6.45, 7) is 3.97. The Balaban J connectivity index is 1.71. The largest absolute Gasteiger partial charge is 0.497 e. The van der Waals surface area contributed by atoms with E-state index in [1.807, 2.05) is 43.1 Å². The van der Waals surface area contributed by atoms with E-state index in [2.05, 4.69) is 4.99 Å². The molecule has 1 saturated heterocycles. The lowest BCUT2D eigenvalue weighted by atomic mass is 10.1. The van der Waals surface area contributed by atoms with Gasteiger partial charge in [-0.3, -0.25) is 14.5 Å². The van der Waals surface area contributed by atoms with Gasteiger partial charge in [0.05, 0.1) is 23.5 Å². The highest BCUT2D eigenvalue weighted by Gasteiger charge is 2.38. The predicted molar refractivity (Wildman–Crippen MR) is 123 cm³/mol. The number of fused-ring (bicyclic) bond motifs is 1. The number of amides is 1. The molecular weight excluding hydrogens is 418 g/mol. The van der Waals surface area contributed by atoms with Crippen molar-refractivity contribution in [3.8, 4) is 5.75 Å². The Bertz CT molecular complexity index is 1110. The lowest BCUT2D eigenvalue weighted by molar-refractivity contribution is -0.122. The molecule has 30 heavy (non-hydrogen) atoms. The number of amidine groups is 1. The van der Waals surface area contributed by atoms with Crippen molar-refractivity contribution in [2.24, 2.45) is 4.99 Å². The number of anilines is 1. The van der Waals surface area contributed by atoms with Crippen molar-refractivity contribution in [1.29, 1.82) is 0 Å². The van der Waals surface area contributed by atoms with Gasteiger partial charge in [0, 0.05) is 30.1 Å². The molecule has 0 saturated carbocycles. The molecule has 6 nitrogen and oxygen atoms in total. The summed E-state index contributed by atoms with van der Waals surface area (Å²) >= 11 is 2.94. The fourth-order valence-electron chi connectivity index (χ4n) is 3.25. The average molecular weight is 440 g/mol. The summed E-state index contributed by atoms with van der Waals surface area (Å²) < 4.78 is 5.34. The minimum Gasteiger partial charge on any atom is -0.497 e. The number of aliphatic imine (C=N–C) groups is 1. The molecule has 0 bridgehead atoms. The van der Waals surface area contributed by atoms with Crippen LogP contribution in [-0.4, -0.2) is 42.5 Å². The average Bonchev–Trinajstić information content (AvgIpc) is 3.23. The molecule has 154 valence electrons. The molecule has 0 atom stereocenters. The van der Waals surface area contributed by atoms with Gasteiger partial charge in [-0.1, -0.05) is 23.9 Å². The van der Waals surface area contributed by atoms with Gasteiger partial charge in [-0.15, -0.1) is 0 Å². The quantitative estimate of drug-likeness (QED) is 0.499. The molecule has 1 amide bonds. The number of hydrogen-bond acceptors (Lipinski definition) is 7. The van der Waals surface area contributed by atoms with E-state index in [0.717, 1.165) is 21.4 Å². The Morgan fingerprint density at radius 3 is 2.67 bits per heavy atom. The predicted octanol–water partition coefficient (Wildman–Crippen LogP) is 4.89. The zero-order chi connectivity index (χ0) is 21.4. The highest BCUT2D eigenvalue weighted by Crippen LogP contribution is 2.51. The first-order valence-corrected chi connectivity index (χ1v) is 11.1. The van der Waals surface area contributed by atoms with Crippen LogP contribution in [0.25, 0.3) is 0 Å². The Morgan fingerprint density at radius 2 is 1.97 bits per heavy atom. The summed E-state index contributed by atoms with van der Waals surface area (Å²) in [5.74, 6) is 0.707. The van der Waals surface area contributed by atoms with Crippen molar-refractivity contribution in [3.05, 3.63) is 58.0 Å². The smallest absolute Gasteiger partial charge is 0.269 e. The Labute approximate surface area is 184 Å². The van der Waals surface area contributed by atoms with Crippen molar-refractivity contribution >= 4 is 51.8 Å². The molecule has 0 spiro atoms. The van der Waals surface area contributed by atoms with Crippen molar-refractivity contribution < 1.29 is 14.3 Å². The third kappa shape index (κ3) is 3.61. The van der Waals surface area contributed by atoms with E-state index in [0.29, 0.717) is 27.9 Å². The zero-order valence-electron chi connectivity index (χ0n) is 17.1. The van der Waals surface area contributed by atoms with Gasteiger partial charge in [0.15, 0.2) is 11.0 Å². The third-order valence-electron chi connectivity index (χ3n) is 4.89. The lowest BCUT2D eigenvalue weighted by Gasteiger charge is -2.15. The first kappa shape index (κ1) is 20.6. The second-order valence-corrected chi connectivity index (χ2v) is 8.79. The number of hydrogen-bond donors (Lipinski definition) is 0. The van der Waals surface area contributed by atoms with E-state index in [-0.39, 0.29) is 11.7 Å². The molecule has 2 aromatic carbocycles. The Morgan fingerprint density at radius 1 is 1.17 bits per heavy atom. The molecular formula is C22H21N3O3S2. The van der Waals surface area contributed by atoms with Crippen molar-refractivity contribution in [3.63, 3.8) is 0 Å². The lowest BCUT2D eigenvalue weighted by Crippen LogP contribution is -2.29. The van der Waals surface area contributed by atoms with Crippen LogP contribution in [0.5, 0.6) is 5.75 Å². The standard InChI is InChI=1S/C22H21N3O3S2/c1-5-25-20(27)19(21-24(3)17-12-16(28-4)9-10-18(17)29-21)30-22(25)23-15-8-6-7-14(11-15)13(2)26/h6-12H,5H2,1-4H3/b21-19-,23-22?. The van der Waals surface area contributed by atoms with Gasteiger partial charge in [0.25, 0.3) is 5.91 Å². The number of Topliss-reactive ketones (excluding diaryl/α,β-unsaturated/α-hetero) is 1. The zero-order valence-corrected chi connectivity index (χ0v) is 18.8. The van der Waals surface area contributed by atoms with Gasteiger partial charge in [0.2, 0.25) is 0 Å². The van der Waals surface area contributed by atoms with Crippen molar-refractivity contribution in [2.75, 3.05) is 25.6 Å². The van der Waals surface area contributed by atoms with Gasteiger partial charge in [-0.25, -0.2) is 4.99 Å². The monoisotopic (exact) mass is 439 g/mol. The van der Waals surface area contributed by atoms with Gasteiger partial charge in [-0.2, -0.15) is 0 Å². The van der Waals surface area contributed by atoms with Crippen molar-refractivity contribution in [1.82, 2.24) is 4.90 Å². The molecule has 1 fully saturated rings. The summed E-state index contributed by atoms with van der Waals surface area (Å²) in [6, 6.07) is 13.0. The maximum absolute atomic E-state index is 13.2. The molecule has 8 heteroatoms. The normalized spacial score (nSPS) is 19.6. The maximum Gasteiger partial charge on any atom is 0.269 e. The Kier molecular flexibility index (Phi) is 5.62. The van der Waals surface area contributed by atoms with E-state index in [4.69, 9.17) is 4.74 Å². The van der Waals surface area contributed by atoms with E-state index in [9.17, 15) is 9.59 Å². The van der Waals surface area contributed by atoms with Crippen LogP contribution in [0.1, 0.15) is 24.2 Å². The number of likely N-dealkylation sites (N-methyl/N-ethyl adjacent to an activating group) is 1. The number of methoxy groups -OCH3 is 1. The molecule has 0 aliphatic carbocycles. The molecule has 2 aromatic rings. The van der Waals surface area contributed by atoms with Crippen LogP contribution >= 0.6 is 23.5 Å². The van der Waals surface area contributed by atoms with Gasteiger partial charge in [0.1, 0.15) is 10.7 Å². The molecule has 0 radical (unpaired) electrons. The summed E-state index contributed by atoms with van der Waals surface area (Å²) in [7, 11) is 3.60. The SMILES string of the molecule is CCN1C(=O)/C(=C2/Sc3ccc(OC)cc3N2C)SC1=Nc1cccc(C(C)=O)c1. The van der Waals surface area contributed by atoms with Gasteiger partial charge < -0.3 is 9.64 Å². The van der Waals surface area contributed by atoms with Crippen LogP contribution in [0.15, 0.2) is 62.3 Å². The summed E-state index contributed by atoms with van der Waals surface area (Å²) in [5, 5.41) is 1.50. The van der Waals surface area contributed by atoms with E-state index < -0.39 is 0 Å². The van der Waals surface area contributed by atoms with Crippen LogP contribution in [0.4, 0.5) is 11.4 Å². The first-order valence-electron chi connectivity index (χ1n) is 9.46. The van der Waals surface area contributed by atoms with E-state index >= 15 is 0 Å². The summed E-state index contributed by atoms with van der Waals surface area (Å²) in [6.07, 6.45) is 0. The minimum absolute atomic E-state index is 0.0143. The number of carbonyl (C=O) groups is 2. The van der Waals surface area contributed by atoms with E-state index in [1.165, 1.54) is 18.7 Å². The molecule has 0 unspecified atom stereocenters. The first-order chi connectivity index (χ1) is 14.4. The number of nitrogens with zero attached hydrogens (tertiary/aromatic N) is 3. The number of ether oxygens (including phenoxy) is 1. The topological polar surface area (TPSA) is 62.2 Å². The maximum atomic E-state index is 13.2. The highest BCUT2D eigenvalue weighted by atomic mass is 32.2. The van der Waals surface area contributed by atoms with Crippen molar-refractivity contribution in [2.45, 2.75) is 18.7 Å². The van der Waals surface area contributed by atoms with Crippen LogP contribution in [0.2, 0.25) is 0 Å². The van der Waals surface area contributed by atoms with Crippen LogP contribution in [0.3, 0.4) is 0 Å². The number of thioether (sulfide) groups is 2. The fourth-order valence-corrected chi connectivity index (χ4v) is 5.64. The van der Waals surface area contributed by atoms with Crippen LogP contribution in [0, 0.1) is 0 Å². The van der Waals surface area contributed by atoms with Crippen LogP contribution < -0.4 is 9.64 Å². The van der Waals surface area contributed by atoms with Gasteiger partial charge in [-0.05, 0) is 49.9 Å². The summed E-state index contributed by atoms with van der Waals surface area (Å²) in [5.41, 5.74) is 2.27. The molecule has 0 aromatic heterocycles. The number of rotatable bonds is 4. The Hall–Kier alpha value is -2.71.